The highest BCUT2D eigenvalue weighted by atomic mass is 16.4. The first-order chi connectivity index (χ1) is 10.1. The standard InChI is InChI=1S/C17H14O4/c18-16(19)15(17(20)21)11-14-9-5-4-8-13(14)10-12-6-2-1-3-7-12/h1-11,14H,(H,18,19)(H,20,21). The van der Waals surface area contributed by atoms with Crippen LogP contribution in [0.15, 0.2) is 71.9 Å². The Bertz CT molecular complexity index is 647. The van der Waals surface area contributed by atoms with Crippen LogP contribution in [0.1, 0.15) is 5.56 Å². The average Bonchev–Trinajstić information content (AvgIpc) is 2.46. The summed E-state index contributed by atoms with van der Waals surface area (Å²) in [5.74, 6) is -3.26. The summed E-state index contributed by atoms with van der Waals surface area (Å²) in [5.41, 5.74) is 1.18. The van der Waals surface area contributed by atoms with Gasteiger partial charge < -0.3 is 10.2 Å². The molecule has 0 saturated heterocycles. The molecular weight excluding hydrogens is 268 g/mol. The molecule has 2 N–H and O–H groups in total. The molecule has 0 fully saturated rings. The zero-order valence-corrected chi connectivity index (χ0v) is 11.1. The van der Waals surface area contributed by atoms with Gasteiger partial charge in [0, 0.05) is 5.92 Å². The molecule has 4 nitrogen and oxygen atoms in total. The Kier molecular flexibility index (Phi) is 4.51. The number of hydrogen-bond acceptors (Lipinski definition) is 2. The van der Waals surface area contributed by atoms with E-state index in [0.717, 1.165) is 11.1 Å². The van der Waals surface area contributed by atoms with Gasteiger partial charge in [0.05, 0.1) is 0 Å². The van der Waals surface area contributed by atoms with Crippen LogP contribution in [-0.4, -0.2) is 22.2 Å². The number of carbonyl (C=O) groups is 2. The van der Waals surface area contributed by atoms with Crippen LogP contribution in [0.5, 0.6) is 0 Å². The first-order valence-electron chi connectivity index (χ1n) is 6.38. The van der Waals surface area contributed by atoms with Crippen molar-refractivity contribution in [3.8, 4) is 0 Å². The highest BCUT2D eigenvalue weighted by Gasteiger charge is 2.19. The largest absolute Gasteiger partial charge is 0.477 e. The second-order valence-corrected chi connectivity index (χ2v) is 4.52. The van der Waals surface area contributed by atoms with E-state index in [1.54, 1.807) is 12.2 Å². The van der Waals surface area contributed by atoms with Crippen LogP contribution in [0.25, 0.3) is 6.08 Å². The van der Waals surface area contributed by atoms with E-state index in [1.165, 1.54) is 6.08 Å². The summed E-state index contributed by atoms with van der Waals surface area (Å²) in [6, 6.07) is 9.56. The van der Waals surface area contributed by atoms with Crippen molar-refractivity contribution in [2.24, 2.45) is 5.92 Å². The van der Waals surface area contributed by atoms with Crippen LogP contribution < -0.4 is 0 Å². The van der Waals surface area contributed by atoms with Crippen molar-refractivity contribution >= 4 is 18.0 Å². The summed E-state index contributed by atoms with van der Waals surface area (Å²) < 4.78 is 0. The van der Waals surface area contributed by atoms with Crippen LogP contribution in [0.3, 0.4) is 0 Å². The van der Waals surface area contributed by atoms with Crippen molar-refractivity contribution in [1.29, 1.82) is 0 Å². The second-order valence-electron chi connectivity index (χ2n) is 4.52. The minimum absolute atomic E-state index is 0.377. The van der Waals surface area contributed by atoms with Gasteiger partial charge in [-0.3, -0.25) is 0 Å². The zero-order valence-electron chi connectivity index (χ0n) is 11.1. The van der Waals surface area contributed by atoms with Crippen LogP contribution >= 0.6 is 0 Å². The molecule has 2 rings (SSSR count). The number of benzene rings is 1. The number of carboxylic acids is 2. The van der Waals surface area contributed by atoms with E-state index in [1.807, 2.05) is 48.6 Å². The monoisotopic (exact) mass is 282 g/mol. The highest BCUT2D eigenvalue weighted by molar-refractivity contribution is 6.12. The average molecular weight is 282 g/mol. The SMILES string of the molecule is O=C(O)C(=CC1C=CC=CC1=Cc1ccccc1)C(=O)O. The molecule has 1 aliphatic rings. The molecule has 4 heteroatoms. The Hall–Kier alpha value is -2.88. The second kappa shape index (κ2) is 6.52. The first kappa shape index (κ1) is 14.5. The number of allylic oxidation sites excluding steroid dienone is 6. The maximum absolute atomic E-state index is 11.0. The molecule has 21 heavy (non-hydrogen) atoms. The lowest BCUT2D eigenvalue weighted by molar-refractivity contribution is -0.140. The maximum Gasteiger partial charge on any atom is 0.342 e. The number of rotatable bonds is 4. The Labute approximate surface area is 122 Å². The highest BCUT2D eigenvalue weighted by Crippen LogP contribution is 2.24. The lowest BCUT2D eigenvalue weighted by Gasteiger charge is -2.14. The minimum Gasteiger partial charge on any atom is -0.477 e. The first-order valence-corrected chi connectivity index (χ1v) is 6.38. The van der Waals surface area contributed by atoms with Crippen LogP contribution in [-0.2, 0) is 9.59 Å². The third-order valence-electron chi connectivity index (χ3n) is 3.04. The summed E-state index contributed by atoms with van der Waals surface area (Å²) in [7, 11) is 0. The Balaban J connectivity index is 2.37. The summed E-state index contributed by atoms with van der Waals surface area (Å²) in [6.45, 7) is 0. The molecule has 1 aliphatic carbocycles. The summed E-state index contributed by atoms with van der Waals surface area (Å²) in [4.78, 5) is 21.9. The molecule has 1 unspecified atom stereocenters. The van der Waals surface area contributed by atoms with Gasteiger partial charge in [0.2, 0.25) is 0 Å². The third kappa shape index (κ3) is 3.79. The molecule has 0 aromatic heterocycles. The van der Waals surface area contributed by atoms with Gasteiger partial charge in [-0.1, -0.05) is 66.8 Å². The smallest absolute Gasteiger partial charge is 0.342 e. The lowest BCUT2D eigenvalue weighted by Crippen LogP contribution is -2.13. The van der Waals surface area contributed by atoms with Crippen LogP contribution in [0.4, 0.5) is 0 Å². The van der Waals surface area contributed by atoms with E-state index in [4.69, 9.17) is 10.2 Å². The zero-order chi connectivity index (χ0) is 15.2. The molecule has 0 bridgehead atoms. The summed E-state index contributed by atoms with van der Waals surface area (Å²) in [5, 5.41) is 17.9. The topological polar surface area (TPSA) is 74.6 Å². The number of carboxylic acid groups (broad SMARTS) is 2. The predicted octanol–water partition coefficient (Wildman–Crippen LogP) is 2.91. The molecule has 0 spiro atoms. The lowest BCUT2D eigenvalue weighted by atomic mass is 9.91. The van der Waals surface area contributed by atoms with Gasteiger partial charge in [-0.2, -0.15) is 0 Å². The molecule has 0 saturated carbocycles. The molecular formula is C17H14O4. The van der Waals surface area contributed by atoms with Crippen molar-refractivity contribution in [3.63, 3.8) is 0 Å². The van der Waals surface area contributed by atoms with Gasteiger partial charge in [0.25, 0.3) is 0 Å². The van der Waals surface area contributed by atoms with E-state index in [0.29, 0.717) is 0 Å². The molecule has 0 heterocycles. The maximum atomic E-state index is 11.0. The summed E-state index contributed by atoms with van der Waals surface area (Å²) >= 11 is 0. The Morgan fingerprint density at radius 3 is 2.29 bits per heavy atom. The molecule has 0 aliphatic heterocycles. The Morgan fingerprint density at radius 2 is 1.67 bits per heavy atom. The van der Waals surface area contributed by atoms with E-state index in [2.05, 4.69) is 0 Å². The third-order valence-corrected chi connectivity index (χ3v) is 3.04. The van der Waals surface area contributed by atoms with Gasteiger partial charge in [-0.05, 0) is 11.1 Å². The predicted molar refractivity (Wildman–Crippen MR) is 79.5 cm³/mol. The normalized spacial score (nSPS) is 18.5. The van der Waals surface area contributed by atoms with Crippen molar-refractivity contribution in [2.75, 3.05) is 0 Å². The fourth-order valence-corrected chi connectivity index (χ4v) is 2.02. The van der Waals surface area contributed by atoms with E-state index < -0.39 is 17.5 Å². The van der Waals surface area contributed by atoms with Gasteiger partial charge in [-0.15, -0.1) is 0 Å². The van der Waals surface area contributed by atoms with Crippen molar-refractivity contribution in [2.45, 2.75) is 0 Å². The van der Waals surface area contributed by atoms with E-state index >= 15 is 0 Å². The number of aliphatic carboxylic acids is 2. The van der Waals surface area contributed by atoms with Gasteiger partial charge in [-0.25, -0.2) is 9.59 Å². The fraction of sp³-hybridized carbons (Fsp3) is 0.0588. The van der Waals surface area contributed by atoms with Crippen molar-refractivity contribution in [1.82, 2.24) is 0 Å². The van der Waals surface area contributed by atoms with Gasteiger partial charge in [0.15, 0.2) is 0 Å². The van der Waals surface area contributed by atoms with Gasteiger partial charge in [0.1, 0.15) is 5.57 Å². The molecule has 106 valence electrons. The molecule has 1 aromatic carbocycles. The minimum atomic E-state index is -1.44. The van der Waals surface area contributed by atoms with Gasteiger partial charge >= 0.3 is 11.9 Å². The molecule has 0 radical (unpaired) electrons. The van der Waals surface area contributed by atoms with E-state index in [-0.39, 0.29) is 5.92 Å². The quantitative estimate of drug-likeness (QED) is 0.506. The molecule has 1 atom stereocenters. The molecule has 1 aromatic rings. The summed E-state index contributed by atoms with van der Waals surface area (Å²) in [6.07, 6.45) is 10.4. The number of hydrogen-bond donors (Lipinski definition) is 2. The Morgan fingerprint density at radius 1 is 1.00 bits per heavy atom. The molecule has 0 amide bonds. The van der Waals surface area contributed by atoms with Crippen molar-refractivity contribution < 1.29 is 19.8 Å². The van der Waals surface area contributed by atoms with Crippen molar-refractivity contribution in [3.05, 3.63) is 77.4 Å². The van der Waals surface area contributed by atoms with Crippen LogP contribution in [0, 0.1) is 5.92 Å². The fourth-order valence-electron chi connectivity index (χ4n) is 2.02. The van der Waals surface area contributed by atoms with Crippen LogP contribution in [0.2, 0.25) is 0 Å². The van der Waals surface area contributed by atoms with E-state index in [9.17, 15) is 9.59 Å².